The highest BCUT2D eigenvalue weighted by molar-refractivity contribution is 6.00. The number of hydrogen-bond acceptors (Lipinski definition) is 3. The van der Waals surface area contributed by atoms with Crippen molar-refractivity contribution in [3.8, 4) is 0 Å². The first-order chi connectivity index (χ1) is 9.56. The average molecular weight is 269 g/mol. The molecule has 2 rings (SSSR count). The van der Waals surface area contributed by atoms with Crippen LogP contribution >= 0.6 is 0 Å². The number of aliphatic carboxylic acids is 1. The van der Waals surface area contributed by atoms with Crippen molar-refractivity contribution < 1.29 is 14.7 Å². The van der Waals surface area contributed by atoms with Crippen LogP contribution in [0.25, 0.3) is 0 Å². The summed E-state index contributed by atoms with van der Waals surface area (Å²) in [6.07, 6.45) is -0.0239. The number of ketones is 1. The highest BCUT2D eigenvalue weighted by Crippen LogP contribution is 2.22. The molecule has 0 aromatic heterocycles. The molecule has 0 radical (unpaired) electrons. The molecule has 0 atom stereocenters. The Morgan fingerprint density at radius 2 is 1.85 bits per heavy atom. The quantitative estimate of drug-likeness (QED) is 0.818. The predicted molar refractivity (Wildman–Crippen MR) is 77.5 cm³/mol. The van der Waals surface area contributed by atoms with Gasteiger partial charge in [0, 0.05) is 16.9 Å². The maximum absolute atomic E-state index is 11.6. The van der Waals surface area contributed by atoms with E-state index in [1.54, 1.807) is 24.3 Å². The molecule has 2 aromatic carbocycles. The Labute approximate surface area is 117 Å². The molecule has 0 heterocycles. The van der Waals surface area contributed by atoms with Crippen LogP contribution in [0, 0.1) is 0 Å². The largest absolute Gasteiger partial charge is 0.481 e. The van der Waals surface area contributed by atoms with E-state index in [2.05, 4.69) is 5.32 Å². The Balaban J connectivity index is 2.26. The summed E-state index contributed by atoms with van der Waals surface area (Å²) in [6, 6.07) is 14.4. The molecule has 0 bridgehead atoms. The van der Waals surface area contributed by atoms with Crippen LogP contribution in [0.1, 0.15) is 22.8 Å². The van der Waals surface area contributed by atoms with Crippen molar-refractivity contribution in [3.63, 3.8) is 0 Å². The summed E-state index contributed by atoms with van der Waals surface area (Å²) in [5, 5.41) is 12.0. The van der Waals surface area contributed by atoms with Gasteiger partial charge in [-0.1, -0.05) is 24.3 Å². The average Bonchev–Trinajstić information content (AvgIpc) is 2.38. The van der Waals surface area contributed by atoms with Crippen molar-refractivity contribution in [3.05, 3.63) is 59.7 Å². The fraction of sp³-hybridized carbons (Fsp3) is 0.125. The van der Waals surface area contributed by atoms with E-state index >= 15 is 0 Å². The minimum absolute atomic E-state index is 0.0187. The second-order valence-corrected chi connectivity index (χ2v) is 4.50. The van der Waals surface area contributed by atoms with Gasteiger partial charge in [-0.2, -0.15) is 0 Å². The van der Waals surface area contributed by atoms with E-state index in [1.807, 2.05) is 24.3 Å². The number of benzene rings is 2. The van der Waals surface area contributed by atoms with Crippen molar-refractivity contribution in [2.75, 3.05) is 5.32 Å². The summed E-state index contributed by atoms with van der Waals surface area (Å²) in [5.74, 6) is -0.888. The van der Waals surface area contributed by atoms with Crippen LogP contribution in [0.15, 0.2) is 48.5 Å². The van der Waals surface area contributed by atoms with Crippen LogP contribution in [0.2, 0.25) is 0 Å². The fourth-order valence-corrected chi connectivity index (χ4v) is 1.99. The van der Waals surface area contributed by atoms with E-state index in [9.17, 15) is 9.59 Å². The fourth-order valence-electron chi connectivity index (χ4n) is 1.99. The number of rotatable bonds is 5. The Kier molecular flexibility index (Phi) is 4.15. The summed E-state index contributed by atoms with van der Waals surface area (Å²) in [7, 11) is 0. The van der Waals surface area contributed by atoms with Crippen LogP contribution < -0.4 is 5.32 Å². The van der Waals surface area contributed by atoms with Crippen LogP contribution in [-0.4, -0.2) is 16.9 Å². The number of nitrogens with one attached hydrogen (secondary N) is 1. The lowest BCUT2D eigenvalue weighted by molar-refractivity contribution is -0.136. The number of carbonyl (C=O) groups is 2. The molecule has 0 saturated heterocycles. The number of anilines is 2. The smallest absolute Gasteiger partial charge is 0.307 e. The van der Waals surface area contributed by atoms with Gasteiger partial charge in [-0.15, -0.1) is 0 Å². The molecule has 102 valence electrons. The van der Waals surface area contributed by atoms with Crippen LogP contribution in [0.3, 0.4) is 0 Å². The third-order valence-electron chi connectivity index (χ3n) is 2.87. The summed E-state index contributed by atoms with van der Waals surface area (Å²) >= 11 is 0. The highest BCUT2D eigenvalue weighted by Gasteiger charge is 2.07. The number of para-hydroxylation sites is 1. The minimum Gasteiger partial charge on any atom is -0.481 e. The van der Waals surface area contributed by atoms with Gasteiger partial charge < -0.3 is 10.4 Å². The van der Waals surface area contributed by atoms with Gasteiger partial charge in [-0.05, 0) is 36.8 Å². The zero-order valence-corrected chi connectivity index (χ0v) is 11.1. The van der Waals surface area contributed by atoms with Crippen LogP contribution in [-0.2, 0) is 11.2 Å². The molecule has 0 amide bonds. The Morgan fingerprint density at radius 1 is 1.10 bits per heavy atom. The second kappa shape index (κ2) is 6.02. The van der Waals surface area contributed by atoms with E-state index in [0.717, 1.165) is 5.69 Å². The van der Waals surface area contributed by atoms with Crippen molar-refractivity contribution in [2.24, 2.45) is 0 Å². The molecule has 2 aromatic rings. The number of carboxylic acid groups (broad SMARTS) is 1. The number of Topliss-reactive ketones (excluding diaryl/α,β-unsaturated/α-hetero) is 1. The molecular weight excluding hydrogens is 254 g/mol. The monoisotopic (exact) mass is 269 g/mol. The summed E-state index contributed by atoms with van der Waals surface area (Å²) in [5.41, 5.74) is 2.80. The lowest BCUT2D eigenvalue weighted by Gasteiger charge is -2.11. The first kappa shape index (κ1) is 13.8. The number of hydrogen-bond donors (Lipinski definition) is 2. The summed E-state index contributed by atoms with van der Waals surface area (Å²) in [4.78, 5) is 22.3. The zero-order chi connectivity index (χ0) is 14.5. The molecular formula is C16H15NO3. The minimum atomic E-state index is -0.869. The summed E-state index contributed by atoms with van der Waals surface area (Å²) < 4.78 is 0. The van der Waals surface area contributed by atoms with Crippen molar-refractivity contribution >= 4 is 23.1 Å². The predicted octanol–water partition coefficient (Wildman–Crippen LogP) is 3.26. The Morgan fingerprint density at radius 3 is 2.55 bits per heavy atom. The van der Waals surface area contributed by atoms with Crippen LogP contribution in [0.4, 0.5) is 11.4 Å². The molecule has 0 saturated carbocycles. The van der Waals surface area contributed by atoms with Gasteiger partial charge in [0.15, 0.2) is 5.78 Å². The molecule has 0 aliphatic heterocycles. The number of carboxylic acids is 1. The third-order valence-corrected chi connectivity index (χ3v) is 2.87. The molecule has 0 aliphatic carbocycles. The Bertz CT molecular complexity index is 650. The maximum Gasteiger partial charge on any atom is 0.307 e. The van der Waals surface area contributed by atoms with Crippen molar-refractivity contribution in [1.82, 2.24) is 0 Å². The molecule has 4 heteroatoms. The van der Waals surface area contributed by atoms with Gasteiger partial charge in [0.2, 0.25) is 0 Å². The molecule has 4 nitrogen and oxygen atoms in total. The molecule has 20 heavy (non-hydrogen) atoms. The lowest BCUT2D eigenvalue weighted by Crippen LogP contribution is -2.02. The standard InChI is InChI=1S/C16H15NO3/c1-11(18)14-7-2-3-8-15(14)17-13-6-4-5-12(9-13)10-16(19)20/h2-9,17H,10H2,1H3,(H,19,20). The first-order valence-electron chi connectivity index (χ1n) is 6.24. The first-order valence-corrected chi connectivity index (χ1v) is 6.24. The van der Waals surface area contributed by atoms with E-state index in [-0.39, 0.29) is 12.2 Å². The topological polar surface area (TPSA) is 66.4 Å². The van der Waals surface area contributed by atoms with Crippen molar-refractivity contribution in [2.45, 2.75) is 13.3 Å². The highest BCUT2D eigenvalue weighted by atomic mass is 16.4. The Hall–Kier alpha value is -2.62. The van der Waals surface area contributed by atoms with E-state index in [4.69, 9.17) is 5.11 Å². The third kappa shape index (κ3) is 3.45. The van der Waals surface area contributed by atoms with E-state index in [1.165, 1.54) is 6.92 Å². The lowest BCUT2D eigenvalue weighted by atomic mass is 10.1. The number of carbonyl (C=O) groups excluding carboxylic acids is 1. The molecule has 0 aliphatic rings. The SMILES string of the molecule is CC(=O)c1ccccc1Nc1cccc(CC(=O)O)c1. The normalized spacial score (nSPS) is 10.1. The summed E-state index contributed by atoms with van der Waals surface area (Å²) in [6.45, 7) is 1.52. The van der Waals surface area contributed by atoms with Crippen molar-refractivity contribution in [1.29, 1.82) is 0 Å². The molecule has 0 spiro atoms. The van der Waals surface area contributed by atoms with Gasteiger partial charge >= 0.3 is 5.97 Å². The second-order valence-electron chi connectivity index (χ2n) is 4.50. The van der Waals surface area contributed by atoms with E-state index in [0.29, 0.717) is 16.8 Å². The zero-order valence-electron chi connectivity index (χ0n) is 11.1. The van der Waals surface area contributed by atoms with Gasteiger partial charge in [-0.3, -0.25) is 9.59 Å². The van der Waals surface area contributed by atoms with Crippen LogP contribution in [0.5, 0.6) is 0 Å². The van der Waals surface area contributed by atoms with E-state index < -0.39 is 5.97 Å². The molecule has 2 N–H and O–H groups in total. The molecule has 0 unspecified atom stereocenters. The van der Waals surface area contributed by atoms with Gasteiger partial charge in [0.1, 0.15) is 0 Å². The molecule has 0 fully saturated rings. The van der Waals surface area contributed by atoms with Gasteiger partial charge in [-0.25, -0.2) is 0 Å². The maximum atomic E-state index is 11.6. The van der Waals surface area contributed by atoms with Gasteiger partial charge in [0.05, 0.1) is 6.42 Å². The van der Waals surface area contributed by atoms with Gasteiger partial charge in [0.25, 0.3) is 0 Å².